The van der Waals surface area contributed by atoms with Crippen LogP contribution in [0.5, 0.6) is 0 Å². The van der Waals surface area contributed by atoms with Crippen molar-refractivity contribution in [2.24, 2.45) is 0 Å². The number of hydrogen-bond donors (Lipinski definition) is 1. The zero-order chi connectivity index (χ0) is 18.1. The number of fused-ring (bicyclic) bond motifs is 1. The summed E-state index contributed by atoms with van der Waals surface area (Å²) in [5.74, 6) is -0.0323. The first kappa shape index (κ1) is 16.5. The number of rotatable bonds is 3. The van der Waals surface area contributed by atoms with Crippen LogP contribution in [0.15, 0.2) is 75.8 Å². The fourth-order valence-electron chi connectivity index (χ4n) is 2.76. The van der Waals surface area contributed by atoms with Gasteiger partial charge in [-0.3, -0.25) is 4.79 Å². The third kappa shape index (κ3) is 3.39. The van der Waals surface area contributed by atoms with Gasteiger partial charge in [-0.25, -0.2) is 4.98 Å². The lowest BCUT2D eigenvalue weighted by molar-refractivity contribution is 0.0995. The number of benzene rings is 2. The number of aryl methyl sites for hydroxylation is 1. The number of aromatic nitrogens is 1. The number of furan rings is 1. The van der Waals surface area contributed by atoms with E-state index in [4.69, 9.17) is 9.40 Å². The molecule has 2 aromatic carbocycles. The molecule has 26 heavy (non-hydrogen) atoms. The summed E-state index contributed by atoms with van der Waals surface area (Å²) in [6.07, 6.45) is 0. The third-order valence-corrected chi connectivity index (χ3v) is 4.51. The Bertz CT molecular complexity index is 1100. The fourth-order valence-corrected chi connectivity index (χ4v) is 3.07. The number of halogens is 1. The van der Waals surface area contributed by atoms with E-state index in [-0.39, 0.29) is 11.7 Å². The summed E-state index contributed by atoms with van der Waals surface area (Å²) >= 11 is 3.19. The van der Waals surface area contributed by atoms with Crippen molar-refractivity contribution in [2.45, 2.75) is 6.92 Å². The highest BCUT2D eigenvalue weighted by molar-refractivity contribution is 9.10. The van der Waals surface area contributed by atoms with E-state index in [1.54, 1.807) is 12.1 Å². The molecule has 0 aliphatic rings. The molecular weight excluding hydrogens is 392 g/mol. The van der Waals surface area contributed by atoms with E-state index in [0.29, 0.717) is 10.4 Å². The predicted octanol–water partition coefficient (Wildman–Crippen LogP) is 5.82. The van der Waals surface area contributed by atoms with E-state index in [1.807, 2.05) is 36.4 Å². The molecule has 0 saturated heterocycles. The minimum Gasteiger partial charge on any atom is -0.444 e. The quantitative estimate of drug-likeness (QED) is 0.466. The number of carbonyl (C=O) groups is 1. The number of hydrogen-bond acceptors (Lipinski definition) is 3. The molecule has 0 aliphatic heterocycles. The molecular formula is C21H15BrN2O2. The topological polar surface area (TPSA) is 55.1 Å². The van der Waals surface area contributed by atoms with E-state index in [0.717, 1.165) is 22.2 Å². The molecule has 2 aromatic heterocycles. The van der Waals surface area contributed by atoms with Gasteiger partial charge in [0.15, 0.2) is 10.4 Å². The lowest BCUT2D eigenvalue weighted by Gasteiger charge is -2.07. The first-order chi connectivity index (χ1) is 12.6. The monoisotopic (exact) mass is 406 g/mol. The maximum Gasteiger partial charge on any atom is 0.291 e. The maximum absolute atomic E-state index is 12.1. The maximum atomic E-state index is 12.1. The molecule has 1 N–H and O–H groups in total. The average molecular weight is 407 g/mol. The van der Waals surface area contributed by atoms with Gasteiger partial charge in [0.05, 0.1) is 11.2 Å². The second kappa shape index (κ2) is 6.77. The van der Waals surface area contributed by atoms with Crippen LogP contribution in [-0.2, 0) is 0 Å². The highest BCUT2D eigenvalue weighted by atomic mass is 79.9. The Kier molecular flexibility index (Phi) is 4.31. The molecule has 0 saturated carbocycles. The van der Waals surface area contributed by atoms with Crippen molar-refractivity contribution in [1.29, 1.82) is 0 Å². The number of carbonyl (C=O) groups excluding carboxylic acids is 1. The summed E-state index contributed by atoms with van der Waals surface area (Å²) in [4.78, 5) is 16.8. The normalized spacial score (nSPS) is 10.8. The molecule has 2 heterocycles. The summed E-state index contributed by atoms with van der Waals surface area (Å²) in [6, 6.07) is 21.2. The SMILES string of the molecule is Cc1ccc2nc(-c3ccc(NC(=O)c4ccc(Br)o4)cc3)ccc2c1. The Balaban J connectivity index is 1.55. The van der Waals surface area contributed by atoms with E-state index in [2.05, 4.69) is 46.4 Å². The van der Waals surface area contributed by atoms with Crippen LogP contribution in [-0.4, -0.2) is 10.9 Å². The van der Waals surface area contributed by atoms with E-state index in [1.165, 1.54) is 5.56 Å². The Morgan fingerprint density at radius 1 is 1.00 bits per heavy atom. The van der Waals surface area contributed by atoms with Crippen LogP contribution in [0.3, 0.4) is 0 Å². The van der Waals surface area contributed by atoms with Crippen LogP contribution < -0.4 is 5.32 Å². The van der Waals surface area contributed by atoms with Crippen molar-refractivity contribution in [1.82, 2.24) is 4.98 Å². The largest absolute Gasteiger partial charge is 0.444 e. The minimum absolute atomic E-state index is 0.257. The lowest BCUT2D eigenvalue weighted by Crippen LogP contribution is -2.10. The summed E-state index contributed by atoms with van der Waals surface area (Å²) in [7, 11) is 0. The summed E-state index contributed by atoms with van der Waals surface area (Å²) in [5, 5.41) is 3.94. The van der Waals surface area contributed by atoms with Gasteiger partial charge in [0.2, 0.25) is 0 Å². The van der Waals surface area contributed by atoms with Gasteiger partial charge in [-0.05, 0) is 65.3 Å². The van der Waals surface area contributed by atoms with Crippen LogP contribution in [0.25, 0.3) is 22.2 Å². The van der Waals surface area contributed by atoms with E-state index < -0.39 is 0 Å². The molecule has 0 radical (unpaired) electrons. The van der Waals surface area contributed by atoms with Crippen molar-refractivity contribution in [3.8, 4) is 11.3 Å². The van der Waals surface area contributed by atoms with Crippen molar-refractivity contribution >= 4 is 38.4 Å². The minimum atomic E-state index is -0.289. The second-order valence-electron chi connectivity index (χ2n) is 6.03. The molecule has 0 bridgehead atoms. The van der Waals surface area contributed by atoms with Gasteiger partial charge < -0.3 is 9.73 Å². The Labute approximate surface area is 159 Å². The van der Waals surface area contributed by atoms with Crippen LogP contribution in [0.4, 0.5) is 5.69 Å². The van der Waals surface area contributed by atoms with Crippen LogP contribution >= 0.6 is 15.9 Å². The van der Waals surface area contributed by atoms with Gasteiger partial charge in [-0.15, -0.1) is 0 Å². The van der Waals surface area contributed by atoms with E-state index >= 15 is 0 Å². The van der Waals surface area contributed by atoms with Gasteiger partial charge in [-0.2, -0.15) is 0 Å². The Morgan fingerprint density at radius 3 is 2.54 bits per heavy atom. The summed E-state index contributed by atoms with van der Waals surface area (Å²) in [6.45, 7) is 2.07. The number of nitrogens with one attached hydrogen (secondary N) is 1. The first-order valence-corrected chi connectivity index (χ1v) is 8.92. The fraction of sp³-hybridized carbons (Fsp3) is 0.0476. The van der Waals surface area contributed by atoms with Crippen molar-refractivity contribution in [3.05, 3.63) is 82.7 Å². The highest BCUT2D eigenvalue weighted by Gasteiger charge is 2.11. The average Bonchev–Trinajstić information content (AvgIpc) is 3.08. The Hall–Kier alpha value is -2.92. The van der Waals surface area contributed by atoms with Gasteiger partial charge in [0, 0.05) is 16.6 Å². The molecule has 1 amide bonds. The van der Waals surface area contributed by atoms with Gasteiger partial charge in [0.1, 0.15) is 0 Å². The first-order valence-electron chi connectivity index (χ1n) is 8.13. The number of anilines is 1. The molecule has 0 spiro atoms. The van der Waals surface area contributed by atoms with Crippen molar-refractivity contribution in [2.75, 3.05) is 5.32 Å². The second-order valence-corrected chi connectivity index (χ2v) is 6.81. The molecule has 128 valence electrons. The summed E-state index contributed by atoms with van der Waals surface area (Å²) < 4.78 is 5.78. The van der Waals surface area contributed by atoms with Gasteiger partial charge in [0.25, 0.3) is 5.91 Å². The van der Waals surface area contributed by atoms with Crippen LogP contribution in [0.1, 0.15) is 16.1 Å². The molecule has 0 aliphatic carbocycles. The molecule has 4 aromatic rings. The van der Waals surface area contributed by atoms with Crippen LogP contribution in [0.2, 0.25) is 0 Å². The zero-order valence-electron chi connectivity index (χ0n) is 14.0. The molecule has 5 heteroatoms. The summed E-state index contributed by atoms with van der Waals surface area (Å²) in [5.41, 5.74) is 4.77. The predicted molar refractivity (Wildman–Crippen MR) is 106 cm³/mol. The van der Waals surface area contributed by atoms with Gasteiger partial charge >= 0.3 is 0 Å². The molecule has 0 fully saturated rings. The molecule has 4 rings (SSSR count). The Morgan fingerprint density at radius 2 is 1.81 bits per heavy atom. The molecule has 0 unspecified atom stereocenters. The lowest BCUT2D eigenvalue weighted by atomic mass is 10.1. The number of amides is 1. The standard InChI is InChI=1S/C21H15BrN2O2/c1-13-2-8-18-15(12-13)5-9-17(24-18)14-3-6-16(7-4-14)23-21(25)19-10-11-20(22)26-19/h2-12H,1H3,(H,23,25). The number of pyridine rings is 1. The highest BCUT2D eigenvalue weighted by Crippen LogP contribution is 2.24. The van der Waals surface area contributed by atoms with Crippen molar-refractivity contribution < 1.29 is 9.21 Å². The van der Waals surface area contributed by atoms with Gasteiger partial charge in [-0.1, -0.05) is 29.8 Å². The van der Waals surface area contributed by atoms with Crippen LogP contribution in [0, 0.1) is 6.92 Å². The third-order valence-electron chi connectivity index (χ3n) is 4.08. The van der Waals surface area contributed by atoms with E-state index in [9.17, 15) is 4.79 Å². The smallest absolute Gasteiger partial charge is 0.291 e. The zero-order valence-corrected chi connectivity index (χ0v) is 15.6. The van der Waals surface area contributed by atoms with Crippen molar-refractivity contribution in [3.63, 3.8) is 0 Å². The number of nitrogens with zero attached hydrogens (tertiary/aromatic N) is 1. The molecule has 4 nitrogen and oxygen atoms in total. The molecule has 0 atom stereocenters.